The van der Waals surface area contributed by atoms with E-state index in [0.29, 0.717) is 23.8 Å². The molecule has 2 N–H and O–H groups in total. The van der Waals surface area contributed by atoms with Crippen LogP contribution in [0.15, 0.2) is 0 Å². The Hall–Kier alpha value is -0.870. The molecule has 0 aromatic heterocycles. The molecule has 0 saturated carbocycles. The summed E-state index contributed by atoms with van der Waals surface area (Å²) < 4.78 is 61.5. The number of primary amides is 1. The first-order valence-electron chi connectivity index (χ1n) is 7.02. The number of rotatable bonds is 6. The van der Waals surface area contributed by atoms with Crippen LogP contribution in [-0.2, 0) is 14.8 Å². The molecule has 1 fully saturated rings. The summed E-state index contributed by atoms with van der Waals surface area (Å²) in [6.07, 6.45) is -2.80. The summed E-state index contributed by atoms with van der Waals surface area (Å²) in [5.74, 6) is -0.476. The Kier molecular flexibility index (Phi) is 6.22. The van der Waals surface area contributed by atoms with Gasteiger partial charge in [0.2, 0.25) is 15.9 Å². The normalized spacial score (nSPS) is 20.3. The Balaban J connectivity index is 2.77. The number of carbonyl (C=O) groups excluding carboxylic acids is 1. The lowest BCUT2D eigenvalue weighted by Crippen LogP contribution is -2.53. The Morgan fingerprint density at radius 2 is 1.86 bits per heavy atom. The van der Waals surface area contributed by atoms with E-state index in [2.05, 4.69) is 0 Å². The van der Waals surface area contributed by atoms with Gasteiger partial charge in [0.05, 0.1) is 12.3 Å². The van der Waals surface area contributed by atoms with Crippen molar-refractivity contribution in [2.75, 3.05) is 25.9 Å². The third-order valence-corrected chi connectivity index (χ3v) is 5.10. The average Bonchev–Trinajstić information content (AvgIpc) is 2.35. The second-order valence-corrected chi connectivity index (χ2v) is 7.45. The summed E-state index contributed by atoms with van der Waals surface area (Å²) in [4.78, 5) is 13.1. The number of alkyl halides is 3. The molecule has 1 saturated heterocycles. The molecular weight excluding hydrogens is 323 g/mol. The first-order chi connectivity index (χ1) is 9.95. The van der Waals surface area contributed by atoms with E-state index >= 15 is 0 Å². The number of carbonyl (C=O) groups is 1. The van der Waals surface area contributed by atoms with Gasteiger partial charge >= 0.3 is 6.18 Å². The van der Waals surface area contributed by atoms with E-state index in [-0.39, 0.29) is 12.8 Å². The molecule has 1 aliphatic rings. The van der Waals surface area contributed by atoms with Gasteiger partial charge in [0.1, 0.15) is 6.54 Å². The number of amides is 1. The van der Waals surface area contributed by atoms with E-state index in [1.165, 1.54) is 0 Å². The van der Waals surface area contributed by atoms with Crippen molar-refractivity contribution in [1.82, 2.24) is 9.21 Å². The van der Waals surface area contributed by atoms with Gasteiger partial charge in [0, 0.05) is 19.1 Å². The van der Waals surface area contributed by atoms with Gasteiger partial charge < -0.3 is 5.73 Å². The number of likely N-dealkylation sites (tertiary alicyclic amines) is 1. The van der Waals surface area contributed by atoms with Gasteiger partial charge in [-0.3, -0.25) is 9.69 Å². The lowest BCUT2D eigenvalue weighted by Gasteiger charge is -2.39. The molecule has 1 atom stereocenters. The third kappa shape index (κ3) is 5.40. The first-order valence-corrected chi connectivity index (χ1v) is 8.87. The number of hydrogen-bond donors (Lipinski definition) is 1. The maximum atomic E-state index is 12.6. The topological polar surface area (TPSA) is 83.7 Å². The summed E-state index contributed by atoms with van der Waals surface area (Å²) in [6, 6.07) is -1.17. The zero-order valence-corrected chi connectivity index (χ0v) is 13.5. The number of hydrogen-bond acceptors (Lipinski definition) is 4. The number of piperidine rings is 1. The summed E-state index contributed by atoms with van der Waals surface area (Å²) in [6.45, 7) is 1.00. The first kappa shape index (κ1) is 19.2. The largest absolute Gasteiger partial charge is 0.402 e. The molecule has 0 aromatic carbocycles. The molecule has 0 spiro atoms. The van der Waals surface area contributed by atoms with Crippen LogP contribution in [0.2, 0.25) is 0 Å². The van der Waals surface area contributed by atoms with E-state index < -0.39 is 40.7 Å². The predicted molar refractivity (Wildman–Crippen MR) is 75.5 cm³/mol. The molecule has 0 radical (unpaired) electrons. The lowest BCUT2D eigenvalue weighted by atomic mass is 10.0. The van der Waals surface area contributed by atoms with Gasteiger partial charge in [-0.2, -0.15) is 17.5 Å². The highest BCUT2D eigenvalue weighted by atomic mass is 32.2. The van der Waals surface area contributed by atoms with Crippen molar-refractivity contribution in [3.8, 4) is 0 Å². The van der Waals surface area contributed by atoms with Gasteiger partial charge in [-0.15, -0.1) is 0 Å². The average molecular weight is 345 g/mol. The maximum absolute atomic E-state index is 12.6. The third-order valence-electron chi connectivity index (χ3n) is 3.82. The highest BCUT2D eigenvalue weighted by Crippen LogP contribution is 2.26. The van der Waals surface area contributed by atoms with Crippen LogP contribution in [0.5, 0.6) is 0 Å². The second kappa shape index (κ2) is 7.14. The zero-order valence-electron chi connectivity index (χ0n) is 12.6. The molecule has 0 aliphatic carbocycles. The highest BCUT2D eigenvalue weighted by Gasteiger charge is 2.40. The summed E-state index contributed by atoms with van der Waals surface area (Å²) in [5.41, 5.74) is 5.29. The Morgan fingerprint density at radius 1 is 1.36 bits per heavy atom. The summed E-state index contributed by atoms with van der Waals surface area (Å²) in [7, 11) is -3.95. The molecule has 1 unspecified atom stereocenters. The van der Waals surface area contributed by atoms with Gasteiger partial charge in [0.15, 0.2) is 0 Å². The van der Waals surface area contributed by atoms with Crippen LogP contribution in [0.4, 0.5) is 13.2 Å². The van der Waals surface area contributed by atoms with Gasteiger partial charge in [0.25, 0.3) is 0 Å². The van der Waals surface area contributed by atoms with Crippen LogP contribution in [0.25, 0.3) is 0 Å². The molecule has 0 aromatic rings. The van der Waals surface area contributed by atoms with Gasteiger partial charge in [-0.1, -0.05) is 6.92 Å². The summed E-state index contributed by atoms with van der Waals surface area (Å²) >= 11 is 0. The van der Waals surface area contributed by atoms with Crippen LogP contribution in [0, 0.1) is 0 Å². The number of nitrogens with zero attached hydrogens (tertiary/aromatic N) is 2. The summed E-state index contributed by atoms with van der Waals surface area (Å²) in [5, 5.41) is 0. The minimum Gasteiger partial charge on any atom is -0.368 e. The molecule has 6 nitrogen and oxygen atoms in total. The second-order valence-electron chi connectivity index (χ2n) is 5.52. The molecular formula is C12H22F3N3O3S. The Labute approximate surface area is 128 Å². The molecule has 1 amide bonds. The van der Waals surface area contributed by atoms with E-state index in [9.17, 15) is 26.4 Å². The van der Waals surface area contributed by atoms with Crippen LogP contribution < -0.4 is 5.73 Å². The SMILES string of the molecule is CCC(C(N)=O)N1CCC(N(CC(F)(F)F)S(C)(=O)=O)CC1. The lowest BCUT2D eigenvalue weighted by molar-refractivity contribution is -0.141. The standard InChI is InChI=1S/C12H22F3N3O3S/c1-3-10(11(16)19)17-6-4-9(5-7-17)18(22(2,20)21)8-12(13,14)15/h9-10H,3-8H2,1-2H3,(H2,16,19). The molecule has 10 heteroatoms. The number of nitrogens with two attached hydrogens (primary N) is 1. The van der Waals surface area contributed by atoms with Crippen LogP contribution in [-0.4, -0.2) is 67.7 Å². The number of halogens is 3. The van der Waals surface area contributed by atoms with Crippen LogP contribution in [0.3, 0.4) is 0 Å². The molecule has 130 valence electrons. The molecule has 1 aliphatic heterocycles. The quantitative estimate of drug-likeness (QED) is 0.761. The fourth-order valence-corrected chi connectivity index (χ4v) is 3.95. The van der Waals surface area contributed by atoms with Gasteiger partial charge in [-0.25, -0.2) is 8.42 Å². The fraction of sp³-hybridized carbons (Fsp3) is 0.917. The predicted octanol–water partition coefficient (Wildman–Crippen LogP) is 0.539. The minimum atomic E-state index is -4.58. The Morgan fingerprint density at radius 3 is 2.18 bits per heavy atom. The molecule has 22 heavy (non-hydrogen) atoms. The minimum absolute atomic E-state index is 0.243. The van der Waals surface area contributed by atoms with Crippen molar-refractivity contribution in [3.05, 3.63) is 0 Å². The zero-order chi connectivity index (χ0) is 17.1. The van der Waals surface area contributed by atoms with Crippen molar-refractivity contribution >= 4 is 15.9 Å². The smallest absolute Gasteiger partial charge is 0.368 e. The van der Waals surface area contributed by atoms with Crippen molar-refractivity contribution in [3.63, 3.8) is 0 Å². The van der Waals surface area contributed by atoms with Crippen molar-refractivity contribution in [2.45, 2.75) is 44.4 Å². The van der Waals surface area contributed by atoms with Crippen molar-refractivity contribution < 1.29 is 26.4 Å². The van der Waals surface area contributed by atoms with E-state index in [1.807, 2.05) is 0 Å². The van der Waals surface area contributed by atoms with Crippen LogP contribution in [0.1, 0.15) is 26.2 Å². The monoisotopic (exact) mass is 345 g/mol. The van der Waals surface area contributed by atoms with Crippen molar-refractivity contribution in [1.29, 1.82) is 0 Å². The van der Waals surface area contributed by atoms with E-state index in [0.717, 1.165) is 6.26 Å². The van der Waals surface area contributed by atoms with Crippen LogP contribution >= 0.6 is 0 Å². The molecule has 1 rings (SSSR count). The highest BCUT2D eigenvalue weighted by molar-refractivity contribution is 7.88. The van der Waals surface area contributed by atoms with E-state index in [4.69, 9.17) is 5.73 Å². The fourth-order valence-electron chi connectivity index (χ4n) is 2.82. The van der Waals surface area contributed by atoms with Crippen molar-refractivity contribution in [2.24, 2.45) is 5.73 Å². The number of sulfonamides is 1. The van der Waals surface area contributed by atoms with E-state index in [1.54, 1.807) is 11.8 Å². The molecule has 0 bridgehead atoms. The van der Waals surface area contributed by atoms with Gasteiger partial charge in [-0.05, 0) is 19.3 Å². The molecule has 1 heterocycles. The maximum Gasteiger partial charge on any atom is 0.402 e. The Bertz CT molecular complexity index is 488.